The van der Waals surface area contributed by atoms with Gasteiger partial charge in [-0.1, -0.05) is 6.92 Å². The quantitative estimate of drug-likeness (QED) is 0.427. The van der Waals surface area contributed by atoms with Gasteiger partial charge in [0, 0.05) is 23.5 Å². The zero-order valence-electron chi connectivity index (χ0n) is 14.9. The Labute approximate surface area is 157 Å². The SMILES string of the molecule is CCN(CC(=O)O)C1CC(NC(=O)NCCCSc2ccc(F)cc2)C1. The van der Waals surface area contributed by atoms with Crippen molar-refractivity contribution in [1.82, 2.24) is 15.5 Å². The molecule has 6 nitrogen and oxygen atoms in total. The number of carboxylic acid groups (broad SMARTS) is 1. The number of thioether (sulfide) groups is 1. The van der Waals surface area contributed by atoms with Crippen molar-refractivity contribution in [3.8, 4) is 0 Å². The zero-order chi connectivity index (χ0) is 18.9. The van der Waals surface area contributed by atoms with Gasteiger partial charge >= 0.3 is 12.0 Å². The summed E-state index contributed by atoms with van der Waals surface area (Å²) in [6, 6.07) is 6.53. The molecule has 8 heteroatoms. The number of rotatable bonds is 10. The summed E-state index contributed by atoms with van der Waals surface area (Å²) >= 11 is 1.63. The summed E-state index contributed by atoms with van der Waals surface area (Å²) in [7, 11) is 0. The molecule has 1 aromatic rings. The highest BCUT2D eigenvalue weighted by Crippen LogP contribution is 2.25. The molecule has 26 heavy (non-hydrogen) atoms. The molecule has 1 saturated carbocycles. The van der Waals surface area contributed by atoms with Crippen LogP contribution < -0.4 is 10.6 Å². The molecule has 144 valence electrons. The van der Waals surface area contributed by atoms with E-state index in [1.54, 1.807) is 23.9 Å². The van der Waals surface area contributed by atoms with Crippen LogP contribution in [0.25, 0.3) is 0 Å². The molecule has 0 aromatic heterocycles. The predicted octanol–water partition coefficient (Wildman–Crippen LogP) is 2.54. The van der Waals surface area contributed by atoms with Crippen LogP contribution in [0.4, 0.5) is 9.18 Å². The summed E-state index contributed by atoms with van der Waals surface area (Å²) in [6.45, 7) is 3.27. The number of likely N-dealkylation sites (N-methyl/N-ethyl adjacent to an activating group) is 1. The van der Waals surface area contributed by atoms with Crippen LogP contribution in [0.15, 0.2) is 29.2 Å². The summed E-state index contributed by atoms with van der Waals surface area (Å²) < 4.78 is 12.8. The maximum absolute atomic E-state index is 12.8. The van der Waals surface area contributed by atoms with Gasteiger partial charge < -0.3 is 15.7 Å². The fraction of sp³-hybridized carbons (Fsp3) is 0.556. The Morgan fingerprint density at radius 3 is 2.62 bits per heavy atom. The van der Waals surface area contributed by atoms with Gasteiger partial charge in [0.2, 0.25) is 0 Å². The molecular weight excluding hydrogens is 357 g/mol. The molecule has 0 saturated heterocycles. The number of carbonyl (C=O) groups excluding carboxylic acids is 1. The number of aliphatic carboxylic acids is 1. The first-order valence-corrected chi connectivity index (χ1v) is 9.85. The molecular formula is C18H26FN3O3S. The van der Waals surface area contributed by atoms with Crippen molar-refractivity contribution in [3.63, 3.8) is 0 Å². The summed E-state index contributed by atoms with van der Waals surface area (Å²) in [5.74, 6) is -0.214. The lowest BCUT2D eigenvalue weighted by Gasteiger charge is -2.42. The molecule has 1 aliphatic rings. The first kappa shape index (κ1) is 20.5. The Balaban J connectivity index is 1.53. The van der Waals surface area contributed by atoms with E-state index >= 15 is 0 Å². The van der Waals surface area contributed by atoms with Gasteiger partial charge in [0.25, 0.3) is 0 Å². The van der Waals surface area contributed by atoms with Crippen molar-refractivity contribution in [2.24, 2.45) is 0 Å². The molecule has 0 unspecified atom stereocenters. The summed E-state index contributed by atoms with van der Waals surface area (Å²) in [4.78, 5) is 25.6. The van der Waals surface area contributed by atoms with Gasteiger partial charge in [0.05, 0.1) is 6.54 Å². The van der Waals surface area contributed by atoms with Crippen molar-refractivity contribution in [2.45, 2.75) is 43.2 Å². The normalized spacial score (nSPS) is 19.0. The number of carbonyl (C=O) groups is 2. The number of hydrogen-bond donors (Lipinski definition) is 3. The van der Waals surface area contributed by atoms with Gasteiger partial charge in [-0.25, -0.2) is 9.18 Å². The predicted molar refractivity (Wildman–Crippen MR) is 100.0 cm³/mol. The topological polar surface area (TPSA) is 81.7 Å². The number of nitrogens with zero attached hydrogens (tertiary/aromatic N) is 1. The fourth-order valence-corrected chi connectivity index (χ4v) is 3.76. The molecule has 0 atom stereocenters. The van der Waals surface area contributed by atoms with Crippen molar-refractivity contribution < 1.29 is 19.1 Å². The van der Waals surface area contributed by atoms with Crippen LogP contribution in [0, 0.1) is 5.82 Å². The third-order valence-corrected chi connectivity index (χ3v) is 5.50. The highest BCUT2D eigenvalue weighted by molar-refractivity contribution is 7.99. The standard InChI is InChI=1S/C18H26FN3O3S/c1-2-22(12-17(23)24)15-10-14(11-15)21-18(25)20-8-3-9-26-16-6-4-13(19)5-7-16/h4-7,14-15H,2-3,8-12H2,1H3,(H,23,24)(H2,20,21,25). The van der Waals surface area contributed by atoms with Crippen LogP contribution in [0.5, 0.6) is 0 Å². The first-order valence-electron chi connectivity index (χ1n) is 8.86. The second-order valence-corrected chi connectivity index (χ2v) is 7.50. The molecule has 0 aliphatic heterocycles. The number of carboxylic acids is 1. The van der Waals surface area contributed by atoms with E-state index in [9.17, 15) is 14.0 Å². The molecule has 2 amide bonds. The molecule has 0 bridgehead atoms. The number of halogens is 1. The van der Waals surface area contributed by atoms with E-state index in [-0.39, 0.29) is 30.5 Å². The van der Waals surface area contributed by atoms with Crippen LogP contribution in [0.2, 0.25) is 0 Å². The Bertz CT molecular complexity index is 594. The van der Waals surface area contributed by atoms with Gasteiger partial charge in [-0.2, -0.15) is 0 Å². The van der Waals surface area contributed by atoms with Crippen molar-refractivity contribution in [1.29, 1.82) is 0 Å². The van der Waals surface area contributed by atoms with Crippen LogP contribution >= 0.6 is 11.8 Å². The lowest BCUT2D eigenvalue weighted by Crippen LogP contribution is -2.56. The molecule has 0 heterocycles. The monoisotopic (exact) mass is 383 g/mol. The van der Waals surface area contributed by atoms with E-state index in [4.69, 9.17) is 5.11 Å². The van der Waals surface area contributed by atoms with E-state index in [0.29, 0.717) is 13.1 Å². The Hall–Kier alpha value is -1.80. The van der Waals surface area contributed by atoms with Gasteiger partial charge in [-0.05, 0) is 55.8 Å². The Kier molecular flexibility index (Phi) is 8.18. The minimum atomic E-state index is -0.820. The smallest absolute Gasteiger partial charge is 0.317 e. The molecule has 3 N–H and O–H groups in total. The maximum Gasteiger partial charge on any atom is 0.317 e. The second kappa shape index (κ2) is 10.4. The molecule has 1 aliphatic carbocycles. The average Bonchev–Trinajstić information content (AvgIpc) is 2.57. The average molecular weight is 383 g/mol. The summed E-state index contributed by atoms with van der Waals surface area (Å²) in [5, 5.41) is 14.6. The van der Waals surface area contributed by atoms with Crippen LogP contribution in [0.1, 0.15) is 26.2 Å². The van der Waals surface area contributed by atoms with E-state index in [1.165, 1.54) is 12.1 Å². The highest BCUT2D eigenvalue weighted by atomic mass is 32.2. The molecule has 0 radical (unpaired) electrons. The van der Waals surface area contributed by atoms with Crippen molar-refractivity contribution in [3.05, 3.63) is 30.1 Å². The van der Waals surface area contributed by atoms with E-state index in [2.05, 4.69) is 10.6 Å². The van der Waals surface area contributed by atoms with E-state index in [0.717, 1.165) is 29.9 Å². The second-order valence-electron chi connectivity index (χ2n) is 6.34. The number of benzene rings is 1. The summed E-state index contributed by atoms with van der Waals surface area (Å²) in [5.41, 5.74) is 0. The largest absolute Gasteiger partial charge is 0.480 e. The third kappa shape index (κ3) is 6.84. The van der Waals surface area contributed by atoms with Crippen LogP contribution in [-0.4, -0.2) is 59.5 Å². The highest BCUT2D eigenvalue weighted by Gasteiger charge is 2.34. The van der Waals surface area contributed by atoms with Crippen LogP contribution in [-0.2, 0) is 4.79 Å². The number of urea groups is 1. The number of amides is 2. The number of nitrogens with one attached hydrogen (secondary N) is 2. The molecule has 1 aromatic carbocycles. The summed E-state index contributed by atoms with van der Waals surface area (Å²) in [6.07, 6.45) is 2.40. The van der Waals surface area contributed by atoms with E-state index < -0.39 is 5.97 Å². The minimum absolute atomic E-state index is 0.0474. The molecule has 1 fully saturated rings. The lowest BCUT2D eigenvalue weighted by molar-refractivity contribution is -0.139. The lowest BCUT2D eigenvalue weighted by atomic mass is 9.85. The fourth-order valence-electron chi connectivity index (χ4n) is 2.91. The first-order chi connectivity index (χ1) is 12.5. The third-order valence-electron chi connectivity index (χ3n) is 4.40. The number of hydrogen-bond acceptors (Lipinski definition) is 4. The minimum Gasteiger partial charge on any atom is -0.480 e. The van der Waals surface area contributed by atoms with E-state index in [1.807, 2.05) is 11.8 Å². The van der Waals surface area contributed by atoms with Gasteiger partial charge in [0.1, 0.15) is 5.82 Å². The van der Waals surface area contributed by atoms with Crippen LogP contribution in [0.3, 0.4) is 0 Å². The zero-order valence-corrected chi connectivity index (χ0v) is 15.7. The Morgan fingerprint density at radius 1 is 1.31 bits per heavy atom. The van der Waals surface area contributed by atoms with Crippen molar-refractivity contribution in [2.75, 3.05) is 25.4 Å². The van der Waals surface area contributed by atoms with Crippen molar-refractivity contribution >= 4 is 23.8 Å². The Morgan fingerprint density at radius 2 is 2.00 bits per heavy atom. The molecule has 2 rings (SSSR count). The maximum atomic E-state index is 12.8. The van der Waals surface area contributed by atoms with Gasteiger partial charge in [-0.3, -0.25) is 9.69 Å². The van der Waals surface area contributed by atoms with Gasteiger partial charge in [-0.15, -0.1) is 11.8 Å². The van der Waals surface area contributed by atoms with Gasteiger partial charge in [0.15, 0.2) is 0 Å². The molecule has 0 spiro atoms.